The molecule has 3 aromatic rings. The molecule has 33 heavy (non-hydrogen) atoms. The maximum absolute atomic E-state index is 14.5. The van der Waals surface area contributed by atoms with Crippen molar-refractivity contribution in [2.75, 3.05) is 18.4 Å². The highest BCUT2D eigenvalue weighted by molar-refractivity contribution is 5.95. The molecule has 2 fully saturated rings. The van der Waals surface area contributed by atoms with Gasteiger partial charge in [0.1, 0.15) is 17.7 Å². The number of aryl methyl sites for hydroxylation is 1. The smallest absolute Gasteiger partial charge is 0.254 e. The lowest BCUT2D eigenvalue weighted by molar-refractivity contribution is 0.0947. The van der Waals surface area contributed by atoms with Crippen LogP contribution in [0.1, 0.15) is 35.2 Å². The first-order valence-corrected chi connectivity index (χ1v) is 11.1. The first kappa shape index (κ1) is 21.4. The Morgan fingerprint density at radius 1 is 1.21 bits per heavy atom. The zero-order valence-corrected chi connectivity index (χ0v) is 18.2. The topological polar surface area (TPSA) is 96.8 Å². The van der Waals surface area contributed by atoms with Crippen LogP contribution in [0.3, 0.4) is 0 Å². The molecule has 5 rings (SSSR count). The van der Waals surface area contributed by atoms with E-state index in [0.29, 0.717) is 41.2 Å². The van der Waals surface area contributed by atoms with E-state index in [0.717, 1.165) is 19.4 Å². The Hall–Kier alpha value is -3.40. The predicted molar refractivity (Wildman–Crippen MR) is 120 cm³/mol. The van der Waals surface area contributed by atoms with Crippen molar-refractivity contribution in [1.82, 2.24) is 30.6 Å². The molecule has 1 aromatic carbocycles. The summed E-state index contributed by atoms with van der Waals surface area (Å²) in [5.74, 6) is -0.995. The Morgan fingerprint density at radius 3 is 2.85 bits per heavy atom. The number of amides is 1. The minimum absolute atomic E-state index is 0.0184. The summed E-state index contributed by atoms with van der Waals surface area (Å²) >= 11 is 0. The molecule has 3 N–H and O–H groups in total. The summed E-state index contributed by atoms with van der Waals surface area (Å²) in [6.45, 7) is 2.84. The second-order valence-electron chi connectivity index (χ2n) is 8.64. The van der Waals surface area contributed by atoms with Crippen LogP contribution < -0.4 is 16.0 Å². The highest BCUT2D eigenvalue weighted by Gasteiger charge is 2.26. The van der Waals surface area contributed by atoms with Crippen molar-refractivity contribution in [3.8, 4) is 16.9 Å². The fraction of sp³-hybridized carbons (Fsp3) is 0.391. The van der Waals surface area contributed by atoms with Gasteiger partial charge >= 0.3 is 0 Å². The second-order valence-corrected chi connectivity index (χ2v) is 8.64. The fourth-order valence-corrected chi connectivity index (χ4v) is 3.94. The minimum Gasteiger partial charge on any atom is -0.378 e. The summed E-state index contributed by atoms with van der Waals surface area (Å²) in [6.07, 6.45) is 6.55. The summed E-state index contributed by atoms with van der Waals surface area (Å²) in [6, 6.07) is 4.53. The molecule has 1 aliphatic carbocycles. The molecule has 2 atom stereocenters. The lowest BCUT2D eigenvalue weighted by Crippen LogP contribution is -2.45. The average molecular weight is 453 g/mol. The molecule has 10 heteroatoms. The molecule has 3 heterocycles. The number of rotatable bonds is 6. The van der Waals surface area contributed by atoms with Crippen molar-refractivity contribution < 1.29 is 13.6 Å². The van der Waals surface area contributed by atoms with Crippen LogP contribution in [-0.2, 0) is 0 Å². The van der Waals surface area contributed by atoms with Gasteiger partial charge in [-0.1, -0.05) is 5.21 Å². The normalized spacial score (nSPS) is 20.5. The average Bonchev–Trinajstić information content (AvgIpc) is 3.47. The number of hydrogen-bond donors (Lipinski definition) is 3. The molecular weight excluding hydrogens is 428 g/mol. The van der Waals surface area contributed by atoms with E-state index in [4.69, 9.17) is 0 Å². The summed E-state index contributed by atoms with van der Waals surface area (Å²) in [4.78, 5) is 16.7. The first-order valence-electron chi connectivity index (χ1n) is 11.1. The van der Waals surface area contributed by atoms with Crippen LogP contribution in [0.2, 0.25) is 0 Å². The number of aromatic nitrogens is 4. The largest absolute Gasteiger partial charge is 0.378 e. The molecule has 0 bridgehead atoms. The molecule has 1 aliphatic heterocycles. The molecule has 0 spiro atoms. The summed E-state index contributed by atoms with van der Waals surface area (Å²) in [5.41, 5.74) is 3.14. The Bertz CT molecular complexity index is 1180. The van der Waals surface area contributed by atoms with Gasteiger partial charge in [-0.05, 0) is 56.5 Å². The van der Waals surface area contributed by atoms with Gasteiger partial charge in [0.2, 0.25) is 0 Å². The molecule has 0 radical (unpaired) electrons. The van der Waals surface area contributed by atoms with Gasteiger partial charge in [0.25, 0.3) is 5.91 Å². The van der Waals surface area contributed by atoms with Gasteiger partial charge in [0.15, 0.2) is 0 Å². The highest BCUT2D eigenvalue weighted by Crippen LogP contribution is 2.25. The lowest BCUT2D eigenvalue weighted by atomic mass is 10.0. The number of piperidine rings is 1. The minimum atomic E-state index is -0.976. The zero-order valence-electron chi connectivity index (χ0n) is 18.2. The Labute approximate surface area is 189 Å². The number of alkyl halides is 1. The number of nitrogens with one attached hydrogen (secondary N) is 3. The molecule has 0 unspecified atom stereocenters. The van der Waals surface area contributed by atoms with Gasteiger partial charge in [0.05, 0.1) is 29.2 Å². The lowest BCUT2D eigenvalue weighted by Gasteiger charge is -2.28. The summed E-state index contributed by atoms with van der Waals surface area (Å²) < 4.78 is 30.1. The number of carbonyl (C=O) groups excluding carboxylic acids is 1. The number of nitrogens with zero attached hydrogens (tertiary/aromatic N) is 4. The van der Waals surface area contributed by atoms with Gasteiger partial charge in [-0.25, -0.2) is 13.5 Å². The highest BCUT2D eigenvalue weighted by atomic mass is 19.1. The predicted octanol–water partition coefficient (Wildman–Crippen LogP) is 2.78. The van der Waals surface area contributed by atoms with E-state index in [-0.39, 0.29) is 17.6 Å². The molecule has 1 amide bonds. The van der Waals surface area contributed by atoms with Crippen LogP contribution in [0, 0.1) is 12.7 Å². The van der Waals surface area contributed by atoms with Gasteiger partial charge in [-0.3, -0.25) is 9.78 Å². The first-order chi connectivity index (χ1) is 16.0. The van der Waals surface area contributed by atoms with E-state index in [2.05, 4.69) is 31.2 Å². The Balaban J connectivity index is 1.39. The fourth-order valence-electron chi connectivity index (χ4n) is 3.94. The van der Waals surface area contributed by atoms with Crippen LogP contribution in [-0.4, -0.2) is 57.2 Å². The van der Waals surface area contributed by atoms with E-state index >= 15 is 0 Å². The third kappa shape index (κ3) is 4.70. The number of carbonyl (C=O) groups is 1. The van der Waals surface area contributed by atoms with E-state index in [9.17, 15) is 13.6 Å². The van der Waals surface area contributed by atoms with Crippen molar-refractivity contribution in [3.63, 3.8) is 0 Å². The SMILES string of the molecule is Cc1cc(F)c(C(=O)NC2CC2)cc1-n1cc(-c2cncc(N[C@H]3CCNC[C@H]3F)c2)nn1. The summed E-state index contributed by atoms with van der Waals surface area (Å²) in [7, 11) is 0. The molecule has 8 nitrogen and oxygen atoms in total. The van der Waals surface area contributed by atoms with Crippen LogP contribution in [0.5, 0.6) is 0 Å². The molecule has 2 aliphatic rings. The van der Waals surface area contributed by atoms with Crippen LogP contribution in [0.4, 0.5) is 14.5 Å². The van der Waals surface area contributed by atoms with E-state index in [1.54, 1.807) is 25.5 Å². The van der Waals surface area contributed by atoms with E-state index in [1.807, 2.05) is 6.07 Å². The van der Waals surface area contributed by atoms with Crippen molar-refractivity contribution >= 4 is 11.6 Å². The molecule has 1 saturated heterocycles. The maximum atomic E-state index is 14.5. The van der Waals surface area contributed by atoms with Crippen molar-refractivity contribution in [3.05, 3.63) is 53.7 Å². The van der Waals surface area contributed by atoms with Crippen LogP contribution in [0.15, 0.2) is 36.8 Å². The second kappa shape index (κ2) is 8.86. The van der Waals surface area contributed by atoms with Crippen LogP contribution in [0.25, 0.3) is 16.9 Å². The summed E-state index contributed by atoms with van der Waals surface area (Å²) in [5, 5.41) is 17.5. The van der Waals surface area contributed by atoms with Crippen LogP contribution >= 0.6 is 0 Å². The number of halogens is 2. The van der Waals surface area contributed by atoms with Crippen molar-refractivity contribution in [1.29, 1.82) is 0 Å². The van der Waals surface area contributed by atoms with Gasteiger partial charge in [0, 0.05) is 30.5 Å². The number of hydrogen-bond acceptors (Lipinski definition) is 6. The number of anilines is 1. The third-order valence-corrected chi connectivity index (χ3v) is 5.98. The Kier molecular flexibility index (Phi) is 5.76. The number of pyridine rings is 1. The quantitative estimate of drug-likeness (QED) is 0.531. The molecular formula is C23H25F2N7O. The molecule has 172 valence electrons. The van der Waals surface area contributed by atoms with Gasteiger partial charge in [-0.15, -0.1) is 5.10 Å². The zero-order chi connectivity index (χ0) is 22.9. The van der Waals surface area contributed by atoms with E-state index in [1.165, 1.54) is 16.8 Å². The monoisotopic (exact) mass is 453 g/mol. The standard InChI is InChI=1S/C23H25F2N7O/c1-13-6-18(24)17(23(33)29-15-2-3-15)8-22(13)32-12-21(30-31-32)14-7-16(10-27-9-14)28-20-4-5-26-11-19(20)25/h6-10,12,15,19-20,26,28H,2-5,11H2,1H3,(H,29,33)/t19-,20+/m1/s1. The van der Waals surface area contributed by atoms with E-state index < -0.39 is 17.9 Å². The molecule has 1 saturated carbocycles. The van der Waals surface area contributed by atoms with Crippen molar-refractivity contribution in [2.45, 2.75) is 44.4 Å². The number of benzene rings is 1. The van der Waals surface area contributed by atoms with Gasteiger partial charge in [-0.2, -0.15) is 0 Å². The van der Waals surface area contributed by atoms with Crippen molar-refractivity contribution in [2.24, 2.45) is 0 Å². The van der Waals surface area contributed by atoms with Gasteiger partial charge < -0.3 is 16.0 Å². The Morgan fingerprint density at radius 2 is 2.06 bits per heavy atom. The third-order valence-electron chi connectivity index (χ3n) is 5.98. The molecule has 2 aromatic heterocycles. The maximum Gasteiger partial charge on any atom is 0.254 e.